The van der Waals surface area contributed by atoms with Crippen LogP contribution in [0.4, 0.5) is 0 Å². The molecule has 4 nitrogen and oxygen atoms in total. The van der Waals surface area contributed by atoms with Crippen LogP contribution in [0.3, 0.4) is 0 Å². The standard InChI is InChI=1S/C13H26N2O2/c1-3-5-11(2)15-13(16)9-14-8-12-6-4-7-17-10-12/h11-12,14H,3-10H2,1-2H3,(H,15,16). The normalized spacial score (nSPS) is 22.1. The molecular weight excluding hydrogens is 216 g/mol. The van der Waals surface area contributed by atoms with Crippen LogP contribution in [-0.4, -0.2) is 38.3 Å². The van der Waals surface area contributed by atoms with Crippen LogP contribution in [0.5, 0.6) is 0 Å². The molecule has 17 heavy (non-hydrogen) atoms. The molecule has 2 atom stereocenters. The summed E-state index contributed by atoms with van der Waals surface area (Å²) in [5, 5.41) is 6.20. The molecule has 100 valence electrons. The zero-order valence-corrected chi connectivity index (χ0v) is 11.1. The van der Waals surface area contributed by atoms with E-state index in [9.17, 15) is 4.79 Å². The van der Waals surface area contributed by atoms with Crippen LogP contribution < -0.4 is 10.6 Å². The Balaban J connectivity index is 2.03. The Morgan fingerprint density at radius 2 is 2.35 bits per heavy atom. The minimum atomic E-state index is 0.0997. The van der Waals surface area contributed by atoms with Crippen LogP contribution >= 0.6 is 0 Å². The Morgan fingerprint density at radius 1 is 1.53 bits per heavy atom. The van der Waals surface area contributed by atoms with Crippen molar-refractivity contribution in [3.63, 3.8) is 0 Å². The maximum absolute atomic E-state index is 11.6. The highest BCUT2D eigenvalue weighted by Crippen LogP contribution is 2.11. The van der Waals surface area contributed by atoms with Crippen LogP contribution in [0.25, 0.3) is 0 Å². The van der Waals surface area contributed by atoms with Crippen LogP contribution in [-0.2, 0) is 9.53 Å². The van der Waals surface area contributed by atoms with Crippen molar-refractivity contribution in [1.82, 2.24) is 10.6 Å². The van der Waals surface area contributed by atoms with E-state index in [0.717, 1.165) is 39.0 Å². The summed E-state index contributed by atoms with van der Waals surface area (Å²) in [5.74, 6) is 0.673. The van der Waals surface area contributed by atoms with Gasteiger partial charge >= 0.3 is 0 Å². The number of hydrogen-bond donors (Lipinski definition) is 2. The predicted molar refractivity (Wildman–Crippen MR) is 68.9 cm³/mol. The number of carbonyl (C=O) groups excluding carboxylic acids is 1. The molecule has 0 radical (unpaired) electrons. The van der Waals surface area contributed by atoms with Crippen LogP contribution in [0.15, 0.2) is 0 Å². The first kappa shape index (κ1) is 14.5. The van der Waals surface area contributed by atoms with Gasteiger partial charge in [0.05, 0.1) is 13.2 Å². The Hall–Kier alpha value is -0.610. The molecule has 0 bridgehead atoms. The molecule has 1 heterocycles. The minimum absolute atomic E-state index is 0.0997. The zero-order chi connectivity index (χ0) is 12.5. The van der Waals surface area contributed by atoms with Crippen molar-refractivity contribution in [3.8, 4) is 0 Å². The van der Waals surface area contributed by atoms with Crippen molar-refractivity contribution in [2.75, 3.05) is 26.3 Å². The van der Waals surface area contributed by atoms with Crippen molar-refractivity contribution in [2.45, 2.75) is 45.6 Å². The second-order valence-corrected chi connectivity index (χ2v) is 4.97. The van der Waals surface area contributed by atoms with E-state index in [2.05, 4.69) is 24.5 Å². The third-order valence-electron chi connectivity index (χ3n) is 3.10. The summed E-state index contributed by atoms with van der Waals surface area (Å²) < 4.78 is 5.40. The van der Waals surface area contributed by atoms with E-state index in [1.54, 1.807) is 0 Å². The summed E-state index contributed by atoms with van der Waals surface area (Å²) in [4.78, 5) is 11.6. The first-order chi connectivity index (χ1) is 8.22. The maximum atomic E-state index is 11.6. The third kappa shape index (κ3) is 6.64. The number of nitrogens with one attached hydrogen (secondary N) is 2. The lowest BCUT2D eigenvalue weighted by atomic mass is 10.0. The summed E-state index contributed by atoms with van der Waals surface area (Å²) >= 11 is 0. The van der Waals surface area contributed by atoms with Gasteiger partial charge in [-0.2, -0.15) is 0 Å². The van der Waals surface area contributed by atoms with E-state index in [-0.39, 0.29) is 11.9 Å². The molecule has 0 aliphatic carbocycles. The van der Waals surface area contributed by atoms with Crippen molar-refractivity contribution in [3.05, 3.63) is 0 Å². The van der Waals surface area contributed by atoms with Gasteiger partial charge in [-0.15, -0.1) is 0 Å². The van der Waals surface area contributed by atoms with Crippen molar-refractivity contribution >= 4 is 5.91 Å². The maximum Gasteiger partial charge on any atom is 0.234 e. The van der Waals surface area contributed by atoms with Gasteiger partial charge in [0.15, 0.2) is 0 Å². The smallest absolute Gasteiger partial charge is 0.234 e. The monoisotopic (exact) mass is 242 g/mol. The molecular formula is C13H26N2O2. The first-order valence-corrected chi connectivity index (χ1v) is 6.80. The van der Waals surface area contributed by atoms with Gasteiger partial charge in [-0.1, -0.05) is 13.3 Å². The molecule has 1 aliphatic heterocycles. The van der Waals surface area contributed by atoms with Crippen LogP contribution in [0.1, 0.15) is 39.5 Å². The Kier molecular flexibility index (Phi) is 7.21. The van der Waals surface area contributed by atoms with Crippen molar-refractivity contribution in [2.24, 2.45) is 5.92 Å². The molecule has 2 N–H and O–H groups in total. The van der Waals surface area contributed by atoms with E-state index in [4.69, 9.17) is 4.74 Å². The SMILES string of the molecule is CCCC(C)NC(=O)CNCC1CCCOC1. The Labute approximate surface area is 104 Å². The molecule has 1 aliphatic rings. The topological polar surface area (TPSA) is 50.4 Å². The Morgan fingerprint density at radius 3 is 3.00 bits per heavy atom. The molecule has 1 rings (SSSR count). The van der Waals surface area contributed by atoms with Gasteiger partial charge < -0.3 is 15.4 Å². The van der Waals surface area contributed by atoms with Gasteiger partial charge in [-0.25, -0.2) is 0 Å². The molecule has 0 aromatic heterocycles. The molecule has 0 aromatic carbocycles. The third-order valence-corrected chi connectivity index (χ3v) is 3.10. The molecule has 0 spiro atoms. The van der Waals surface area contributed by atoms with Crippen molar-refractivity contribution < 1.29 is 9.53 Å². The second kappa shape index (κ2) is 8.48. The fourth-order valence-corrected chi connectivity index (χ4v) is 2.19. The Bertz CT molecular complexity index is 215. The van der Waals surface area contributed by atoms with E-state index >= 15 is 0 Å². The van der Waals surface area contributed by atoms with Gasteiger partial charge in [0.25, 0.3) is 0 Å². The van der Waals surface area contributed by atoms with Crippen molar-refractivity contribution in [1.29, 1.82) is 0 Å². The molecule has 1 amide bonds. The summed E-state index contributed by atoms with van der Waals surface area (Å²) in [5.41, 5.74) is 0. The highest BCUT2D eigenvalue weighted by Gasteiger charge is 2.14. The fourth-order valence-electron chi connectivity index (χ4n) is 2.19. The molecule has 2 unspecified atom stereocenters. The number of amides is 1. The average Bonchev–Trinajstić information content (AvgIpc) is 2.30. The lowest BCUT2D eigenvalue weighted by Gasteiger charge is -2.22. The zero-order valence-electron chi connectivity index (χ0n) is 11.1. The molecule has 1 fully saturated rings. The molecule has 1 saturated heterocycles. The minimum Gasteiger partial charge on any atom is -0.381 e. The predicted octanol–water partition coefficient (Wildman–Crippen LogP) is 1.31. The number of rotatable bonds is 7. The van der Waals surface area contributed by atoms with Gasteiger partial charge in [0.1, 0.15) is 0 Å². The van der Waals surface area contributed by atoms with Gasteiger partial charge in [0.2, 0.25) is 5.91 Å². The summed E-state index contributed by atoms with van der Waals surface area (Å²) in [6, 6.07) is 0.285. The lowest BCUT2D eigenvalue weighted by molar-refractivity contribution is -0.120. The number of hydrogen-bond acceptors (Lipinski definition) is 3. The van der Waals surface area contributed by atoms with E-state index < -0.39 is 0 Å². The fraction of sp³-hybridized carbons (Fsp3) is 0.923. The molecule has 4 heteroatoms. The second-order valence-electron chi connectivity index (χ2n) is 4.97. The molecule has 0 saturated carbocycles. The largest absolute Gasteiger partial charge is 0.381 e. The van der Waals surface area contributed by atoms with Gasteiger partial charge in [0, 0.05) is 19.2 Å². The average molecular weight is 242 g/mol. The highest BCUT2D eigenvalue weighted by atomic mass is 16.5. The van der Waals surface area contributed by atoms with Crippen LogP contribution in [0.2, 0.25) is 0 Å². The van der Waals surface area contributed by atoms with E-state index in [0.29, 0.717) is 12.5 Å². The number of carbonyl (C=O) groups is 1. The van der Waals surface area contributed by atoms with Crippen LogP contribution in [0, 0.1) is 5.92 Å². The summed E-state index contributed by atoms with van der Waals surface area (Å²) in [6.07, 6.45) is 4.50. The lowest BCUT2D eigenvalue weighted by Crippen LogP contribution is -2.41. The van der Waals surface area contributed by atoms with E-state index in [1.165, 1.54) is 6.42 Å². The van der Waals surface area contributed by atoms with Gasteiger partial charge in [-0.05, 0) is 32.1 Å². The molecule has 0 aromatic rings. The summed E-state index contributed by atoms with van der Waals surface area (Å²) in [6.45, 7) is 7.22. The first-order valence-electron chi connectivity index (χ1n) is 6.80. The van der Waals surface area contributed by atoms with Gasteiger partial charge in [-0.3, -0.25) is 4.79 Å². The quantitative estimate of drug-likeness (QED) is 0.707. The number of ether oxygens (including phenoxy) is 1. The van der Waals surface area contributed by atoms with E-state index in [1.807, 2.05) is 0 Å². The highest BCUT2D eigenvalue weighted by molar-refractivity contribution is 5.78. The summed E-state index contributed by atoms with van der Waals surface area (Å²) in [7, 11) is 0.